The number of ether oxygens (including phenoxy) is 1. The van der Waals surface area contributed by atoms with Crippen LogP contribution in [-0.4, -0.2) is 35.8 Å². The van der Waals surface area contributed by atoms with Crippen LogP contribution in [0.3, 0.4) is 0 Å². The van der Waals surface area contributed by atoms with Gasteiger partial charge in [-0.05, 0) is 62.6 Å². The Labute approximate surface area is 189 Å². The van der Waals surface area contributed by atoms with Crippen molar-refractivity contribution < 1.29 is 4.74 Å². The summed E-state index contributed by atoms with van der Waals surface area (Å²) < 4.78 is 5.42. The maximum Gasteiger partial charge on any atom is 0.126 e. The van der Waals surface area contributed by atoms with E-state index < -0.39 is 5.41 Å². The van der Waals surface area contributed by atoms with Gasteiger partial charge in [-0.25, -0.2) is 9.97 Å². The first-order chi connectivity index (χ1) is 15.1. The molecule has 1 saturated heterocycles. The predicted molar refractivity (Wildman–Crippen MR) is 124 cm³/mol. The molecule has 0 amide bonds. The SMILES string of the molecule is C[C@H]1CC[C@H](Nc2cc(-c3cccc(NCC4(C#N)CCOCC4)n3)c(Cl)cn2)CC1. The molecule has 3 heterocycles. The summed E-state index contributed by atoms with van der Waals surface area (Å²) in [7, 11) is 0. The van der Waals surface area contributed by atoms with E-state index in [9.17, 15) is 5.26 Å². The summed E-state index contributed by atoms with van der Waals surface area (Å²) in [4.78, 5) is 9.24. The van der Waals surface area contributed by atoms with Crippen LogP contribution in [0.5, 0.6) is 0 Å². The van der Waals surface area contributed by atoms with Gasteiger partial charge in [-0.2, -0.15) is 5.26 Å². The van der Waals surface area contributed by atoms with Gasteiger partial charge in [0.1, 0.15) is 11.6 Å². The molecule has 0 bridgehead atoms. The average Bonchev–Trinajstić information content (AvgIpc) is 2.81. The van der Waals surface area contributed by atoms with Gasteiger partial charge in [0.25, 0.3) is 0 Å². The highest BCUT2D eigenvalue weighted by Crippen LogP contribution is 2.32. The lowest BCUT2D eigenvalue weighted by molar-refractivity contribution is 0.0455. The molecule has 2 N–H and O–H groups in total. The Morgan fingerprint density at radius 2 is 1.97 bits per heavy atom. The molecular formula is C24H30ClN5O. The van der Waals surface area contributed by atoms with Crippen LogP contribution in [-0.2, 0) is 4.74 Å². The average molecular weight is 440 g/mol. The number of hydrogen-bond acceptors (Lipinski definition) is 6. The topological polar surface area (TPSA) is 82.9 Å². The number of pyridine rings is 2. The Hall–Kier alpha value is -2.36. The van der Waals surface area contributed by atoms with Crippen molar-refractivity contribution in [3.63, 3.8) is 0 Å². The zero-order valence-corrected chi connectivity index (χ0v) is 18.8. The fourth-order valence-corrected chi connectivity index (χ4v) is 4.56. The van der Waals surface area contributed by atoms with E-state index in [0.29, 0.717) is 30.8 Å². The molecule has 2 aromatic heterocycles. The molecule has 0 unspecified atom stereocenters. The van der Waals surface area contributed by atoms with Crippen LogP contribution in [0.2, 0.25) is 5.02 Å². The zero-order valence-electron chi connectivity index (χ0n) is 18.0. The summed E-state index contributed by atoms with van der Waals surface area (Å²) in [5.41, 5.74) is 1.24. The van der Waals surface area contributed by atoms with E-state index in [1.165, 1.54) is 25.7 Å². The van der Waals surface area contributed by atoms with Gasteiger partial charge in [0, 0.05) is 37.6 Å². The third-order valence-electron chi connectivity index (χ3n) is 6.54. The molecule has 2 fully saturated rings. The molecule has 31 heavy (non-hydrogen) atoms. The lowest BCUT2D eigenvalue weighted by atomic mass is 9.82. The maximum atomic E-state index is 9.67. The van der Waals surface area contributed by atoms with Crippen LogP contribution in [0, 0.1) is 22.7 Å². The molecule has 2 aliphatic rings. The van der Waals surface area contributed by atoms with Gasteiger partial charge in [0.2, 0.25) is 0 Å². The van der Waals surface area contributed by atoms with Crippen LogP contribution >= 0.6 is 11.6 Å². The normalized spacial score (nSPS) is 23.0. The predicted octanol–water partition coefficient (Wildman–Crippen LogP) is 5.52. The van der Waals surface area contributed by atoms with Gasteiger partial charge in [0.15, 0.2) is 0 Å². The van der Waals surface area contributed by atoms with E-state index >= 15 is 0 Å². The molecule has 1 aliphatic carbocycles. The monoisotopic (exact) mass is 439 g/mol. The first-order valence-electron chi connectivity index (χ1n) is 11.2. The number of rotatable bonds is 6. The van der Waals surface area contributed by atoms with E-state index in [4.69, 9.17) is 21.3 Å². The summed E-state index contributed by atoms with van der Waals surface area (Å²) >= 11 is 6.48. The largest absolute Gasteiger partial charge is 0.381 e. The Bertz CT molecular complexity index is 930. The van der Waals surface area contributed by atoms with Gasteiger partial charge in [-0.1, -0.05) is 24.6 Å². The second-order valence-electron chi connectivity index (χ2n) is 8.92. The van der Waals surface area contributed by atoms with Gasteiger partial charge in [0.05, 0.1) is 22.2 Å². The lowest BCUT2D eigenvalue weighted by Gasteiger charge is -2.30. The van der Waals surface area contributed by atoms with Crippen molar-refractivity contribution in [3.8, 4) is 17.3 Å². The molecule has 1 aliphatic heterocycles. The highest BCUT2D eigenvalue weighted by molar-refractivity contribution is 6.33. The van der Waals surface area contributed by atoms with Crippen LogP contribution in [0.15, 0.2) is 30.5 Å². The summed E-state index contributed by atoms with van der Waals surface area (Å²) in [6.45, 7) is 4.14. The minimum absolute atomic E-state index is 0.404. The number of nitrogens with one attached hydrogen (secondary N) is 2. The van der Waals surface area contributed by atoms with E-state index in [1.54, 1.807) is 6.20 Å². The van der Waals surface area contributed by atoms with Crippen LogP contribution in [0.25, 0.3) is 11.3 Å². The van der Waals surface area contributed by atoms with E-state index in [1.807, 2.05) is 24.3 Å². The van der Waals surface area contributed by atoms with Gasteiger partial charge in [-0.3, -0.25) is 0 Å². The van der Waals surface area contributed by atoms with Crippen LogP contribution in [0.4, 0.5) is 11.6 Å². The van der Waals surface area contributed by atoms with Crippen molar-refractivity contribution in [2.45, 2.75) is 51.5 Å². The smallest absolute Gasteiger partial charge is 0.126 e. The molecule has 0 radical (unpaired) electrons. The van der Waals surface area contributed by atoms with E-state index in [-0.39, 0.29) is 0 Å². The number of nitrogens with zero attached hydrogens (tertiary/aromatic N) is 3. The summed E-state index contributed by atoms with van der Waals surface area (Å²) in [6, 6.07) is 10.8. The summed E-state index contributed by atoms with van der Waals surface area (Å²) in [6.07, 6.45) is 8.02. The fourth-order valence-electron chi connectivity index (χ4n) is 4.36. The third-order valence-corrected chi connectivity index (χ3v) is 6.84. The van der Waals surface area contributed by atoms with E-state index in [0.717, 1.165) is 41.7 Å². The Morgan fingerprint density at radius 1 is 1.19 bits per heavy atom. The molecule has 7 heteroatoms. The number of aromatic nitrogens is 2. The highest BCUT2D eigenvalue weighted by Gasteiger charge is 2.32. The maximum absolute atomic E-state index is 9.67. The molecule has 164 valence electrons. The van der Waals surface area contributed by atoms with Crippen molar-refractivity contribution in [1.29, 1.82) is 5.26 Å². The van der Waals surface area contributed by atoms with Crippen molar-refractivity contribution in [2.75, 3.05) is 30.4 Å². The lowest BCUT2D eigenvalue weighted by Crippen LogP contribution is -2.34. The second kappa shape index (κ2) is 9.84. The zero-order chi connectivity index (χ0) is 21.7. The first kappa shape index (κ1) is 21.9. The first-order valence-corrected chi connectivity index (χ1v) is 11.6. The second-order valence-corrected chi connectivity index (χ2v) is 9.32. The van der Waals surface area contributed by atoms with Crippen molar-refractivity contribution in [1.82, 2.24) is 9.97 Å². The highest BCUT2D eigenvalue weighted by atomic mass is 35.5. The molecule has 2 aromatic rings. The van der Waals surface area contributed by atoms with Crippen LogP contribution in [0.1, 0.15) is 45.4 Å². The van der Waals surface area contributed by atoms with Crippen molar-refractivity contribution in [2.24, 2.45) is 11.3 Å². The number of hydrogen-bond donors (Lipinski definition) is 2. The standard InChI is InChI=1S/C24H30ClN5O/c1-17-5-7-18(8-6-17)29-23-13-19(20(25)14-27-23)21-3-2-4-22(30-21)28-16-24(15-26)9-11-31-12-10-24/h2-4,13-14,17-18H,5-12,16H2,1H3,(H,27,29)(H,28,30)/t17-,18-. The fraction of sp³-hybridized carbons (Fsp3) is 0.542. The van der Waals surface area contributed by atoms with Crippen molar-refractivity contribution in [3.05, 3.63) is 35.5 Å². The summed E-state index contributed by atoms with van der Waals surface area (Å²) in [5.74, 6) is 2.39. The van der Waals surface area contributed by atoms with E-state index in [2.05, 4.69) is 28.6 Å². The molecule has 0 atom stereocenters. The molecule has 0 spiro atoms. The Kier molecular flexibility index (Phi) is 6.94. The molecular weight excluding hydrogens is 410 g/mol. The Morgan fingerprint density at radius 3 is 2.71 bits per heavy atom. The third kappa shape index (κ3) is 5.47. The minimum Gasteiger partial charge on any atom is -0.381 e. The van der Waals surface area contributed by atoms with Gasteiger partial charge in [-0.15, -0.1) is 0 Å². The number of anilines is 2. The minimum atomic E-state index is -0.404. The van der Waals surface area contributed by atoms with Gasteiger partial charge < -0.3 is 15.4 Å². The Balaban J connectivity index is 1.47. The molecule has 1 saturated carbocycles. The summed E-state index contributed by atoms with van der Waals surface area (Å²) in [5, 5.41) is 17.2. The number of nitriles is 1. The molecule has 0 aromatic carbocycles. The van der Waals surface area contributed by atoms with Gasteiger partial charge >= 0.3 is 0 Å². The molecule has 6 nitrogen and oxygen atoms in total. The van der Waals surface area contributed by atoms with Crippen LogP contribution < -0.4 is 10.6 Å². The van der Waals surface area contributed by atoms with Crippen molar-refractivity contribution >= 4 is 23.2 Å². The number of halogens is 1. The molecule has 4 rings (SSSR count). The quantitative estimate of drug-likeness (QED) is 0.616.